The van der Waals surface area contributed by atoms with Crippen molar-refractivity contribution in [3.8, 4) is 0 Å². The number of halogens is 3. The van der Waals surface area contributed by atoms with Crippen molar-refractivity contribution >= 4 is 40.4 Å². The number of nitrogens with one attached hydrogen (secondary N) is 2. The summed E-state index contributed by atoms with van der Waals surface area (Å²) in [4.78, 5) is 3.40. The maximum absolute atomic E-state index is 5.95. The molecule has 0 aliphatic heterocycles. The Kier molecular flexibility index (Phi) is 6.68. The van der Waals surface area contributed by atoms with Gasteiger partial charge in [0.15, 0.2) is 0 Å². The molecule has 122 valence electrons. The molecule has 5 heteroatoms. The largest absolute Gasteiger partial charge is 1.00 e. The minimum Gasteiger partial charge on any atom is -1.00 e. The number of amidine groups is 1. The zero-order valence-corrected chi connectivity index (χ0v) is 14.9. The third-order valence-electron chi connectivity index (χ3n) is 3.29. The van der Waals surface area contributed by atoms with Gasteiger partial charge < -0.3 is 12.4 Å². The van der Waals surface area contributed by atoms with E-state index in [1.54, 1.807) is 0 Å². The molecule has 0 fully saturated rings. The first-order chi connectivity index (χ1) is 11.2. The lowest BCUT2D eigenvalue weighted by Crippen LogP contribution is -3.00. The van der Waals surface area contributed by atoms with Crippen LogP contribution in [0.25, 0.3) is 0 Å². The smallest absolute Gasteiger partial charge is 0.285 e. The minimum absolute atomic E-state index is 0. The number of rotatable bonds is 3. The number of anilines is 1. The van der Waals surface area contributed by atoms with Gasteiger partial charge in [-0.3, -0.25) is 0 Å². The van der Waals surface area contributed by atoms with Gasteiger partial charge in [0.05, 0.1) is 5.56 Å². The van der Waals surface area contributed by atoms with Gasteiger partial charge in [0.25, 0.3) is 5.84 Å². The van der Waals surface area contributed by atoms with Gasteiger partial charge in [0.1, 0.15) is 11.4 Å². The second kappa shape index (κ2) is 8.74. The van der Waals surface area contributed by atoms with Crippen LogP contribution in [0.2, 0.25) is 10.0 Å². The van der Waals surface area contributed by atoms with Crippen molar-refractivity contribution in [3.05, 3.63) is 94.5 Å². The molecule has 0 spiro atoms. The highest BCUT2D eigenvalue weighted by Gasteiger charge is 2.11. The van der Waals surface area contributed by atoms with Gasteiger partial charge >= 0.3 is 0 Å². The number of hydrogen-bond acceptors (Lipinski definition) is 0. The molecule has 0 atom stereocenters. The Morgan fingerprint density at radius 3 is 1.83 bits per heavy atom. The molecule has 0 aromatic heterocycles. The molecule has 0 saturated heterocycles. The summed E-state index contributed by atoms with van der Waals surface area (Å²) in [7, 11) is 0. The summed E-state index contributed by atoms with van der Waals surface area (Å²) in [6, 6.07) is 25.3. The van der Waals surface area contributed by atoms with Crippen LogP contribution in [-0.2, 0) is 0 Å². The Morgan fingerprint density at radius 1 is 0.708 bits per heavy atom. The molecule has 0 saturated carbocycles. The predicted molar refractivity (Wildman–Crippen MR) is 97.7 cm³/mol. The van der Waals surface area contributed by atoms with Crippen LogP contribution in [0, 0.1) is 0 Å². The van der Waals surface area contributed by atoms with Crippen molar-refractivity contribution < 1.29 is 17.4 Å². The molecule has 2 N–H and O–H groups in total. The van der Waals surface area contributed by atoms with Gasteiger partial charge in [-0.25, -0.2) is 10.3 Å². The first-order valence-corrected chi connectivity index (χ1v) is 7.94. The second-order valence-electron chi connectivity index (χ2n) is 5.00. The molecular weight excluding hydrogens is 363 g/mol. The van der Waals surface area contributed by atoms with Crippen LogP contribution in [0.4, 0.5) is 11.4 Å². The Morgan fingerprint density at radius 2 is 1.25 bits per heavy atom. The van der Waals surface area contributed by atoms with E-state index in [-0.39, 0.29) is 12.4 Å². The Labute approximate surface area is 157 Å². The lowest BCUT2D eigenvalue weighted by atomic mass is 10.2. The topological polar surface area (TPSA) is 26.0 Å². The quantitative estimate of drug-likeness (QED) is 0.522. The molecule has 0 amide bonds. The lowest BCUT2D eigenvalue weighted by molar-refractivity contribution is -0.352. The van der Waals surface area contributed by atoms with E-state index in [9.17, 15) is 0 Å². The lowest BCUT2D eigenvalue weighted by Gasteiger charge is -2.04. The number of benzene rings is 3. The zero-order valence-electron chi connectivity index (χ0n) is 12.6. The van der Waals surface area contributed by atoms with Crippen LogP contribution in [0.1, 0.15) is 5.56 Å². The summed E-state index contributed by atoms with van der Waals surface area (Å²) in [6.45, 7) is 0. The van der Waals surface area contributed by atoms with E-state index < -0.39 is 0 Å². The van der Waals surface area contributed by atoms with Gasteiger partial charge in [-0.1, -0.05) is 41.4 Å². The maximum Gasteiger partial charge on any atom is 0.285 e. The fraction of sp³-hybridized carbons (Fsp3) is 0. The van der Waals surface area contributed by atoms with Crippen LogP contribution in [0.15, 0.2) is 78.9 Å². The molecule has 3 aromatic carbocycles. The van der Waals surface area contributed by atoms with Gasteiger partial charge in [0, 0.05) is 10.0 Å². The molecule has 3 aromatic rings. The second-order valence-corrected chi connectivity index (χ2v) is 5.88. The summed E-state index contributed by atoms with van der Waals surface area (Å²) < 4.78 is 0. The number of hydrogen-bond donors (Lipinski definition) is 2. The normalized spacial score (nSPS) is 10.8. The monoisotopic (exact) mass is 376 g/mol. The molecule has 2 nitrogen and oxygen atoms in total. The standard InChI is InChI=1S/C19H14Cl2N2.ClH/c20-15-6-10-17(11-7-15)22-19(14-4-2-1-3-5-14)23-18-12-8-16(21)9-13-18;/h1-13H,(H,22,23);1H. The fourth-order valence-electron chi connectivity index (χ4n) is 2.14. The molecule has 3 rings (SSSR count). The molecule has 0 aliphatic carbocycles. The van der Waals surface area contributed by atoms with Gasteiger partial charge in [-0.05, 0) is 60.7 Å². The Balaban J connectivity index is 0.00000208. The van der Waals surface area contributed by atoms with Crippen molar-refractivity contribution in [1.82, 2.24) is 0 Å². The third-order valence-corrected chi connectivity index (χ3v) is 3.79. The van der Waals surface area contributed by atoms with E-state index >= 15 is 0 Å². The van der Waals surface area contributed by atoms with Crippen LogP contribution >= 0.6 is 23.2 Å². The van der Waals surface area contributed by atoms with Crippen LogP contribution in [0.3, 0.4) is 0 Å². The van der Waals surface area contributed by atoms with Crippen molar-refractivity contribution in [2.45, 2.75) is 0 Å². The van der Waals surface area contributed by atoms with Gasteiger partial charge in [-0.2, -0.15) is 0 Å². The molecule has 0 unspecified atom stereocenters. The van der Waals surface area contributed by atoms with Crippen molar-refractivity contribution in [2.24, 2.45) is 0 Å². The van der Waals surface area contributed by atoms with Crippen LogP contribution in [-0.4, -0.2) is 5.84 Å². The van der Waals surface area contributed by atoms with E-state index in [1.165, 1.54) is 0 Å². The van der Waals surface area contributed by atoms with Crippen LogP contribution in [0.5, 0.6) is 0 Å². The molecule has 0 bridgehead atoms. The zero-order chi connectivity index (χ0) is 16.1. The molecule has 0 radical (unpaired) electrons. The molecule has 24 heavy (non-hydrogen) atoms. The Hall–Kier alpha value is -2.00. The van der Waals surface area contributed by atoms with E-state index in [4.69, 9.17) is 23.2 Å². The van der Waals surface area contributed by atoms with Gasteiger partial charge in [0.2, 0.25) is 0 Å². The average Bonchev–Trinajstić information content (AvgIpc) is 2.59. The Bertz CT molecular complexity index is 798. The fourth-order valence-corrected chi connectivity index (χ4v) is 2.39. The highest BCUT2D eigenvalue weighted by atomic mass is 35.5. The van der Waals surface area contributed by atoms with E-state index in [0.29, 0.717) is 10.0 Å². The average molecular weight is 378 g/mol. The maximum atomic E-state index is 5.95. The molecule has 0 aliphatic rings. The van der Waals surface area contributed by atoms with Crippen molar-refractivity contribution in [3.63, 3.8) is 0 Å². The first-order valence-electron chi connectivity index (χ1n) is 7.18. The highest BCUT2D eigenvalue weighted by molar-refractivity contribution is 6.30. The SMILES string of the molecule is Clc1ccc(NC(=[NH+]c2ccc(Cl)cc2)c2ccccc2)cc1.[Cl-]. The van der Waals surface area contributed by atoms with E-state index in [2.05, 4.69) is 10.3 Å². The van der Waals surface area contributed by atoms with Crippen molar-refractivity contribution in [1.29, 1.82) is 0 Å². The summed E-state index contributed by atoms with van der Waals surface area (Å²) in [6.07, 6.45) is 0. The van der Waals surface area contributed by atoms with E-state index in [1.807, 2.05) is 78.9 Å². The summed E-state index contributed by atoms with van der Waals surface area (Å²) >= 11 is 11.9. The minimum atomic E-state index is 0. The summed E-state index contributed by atoms with van der Waals surface area (Å²) in [5.74, 6) is 0.884. The van der Waals surface area contributed by atoms with Crippen LogP contribution < -0.4 is 22.7 Å². The molecule has 0 heterocycles. The first kappa shape index (κ1) is 18.3. The predicted octanol–water partition coefficient (Wildman–Crippen LogP) is 1.27. The van der Waals surface area contributed by atoms with Crippen molar-refractivity contribution in [2.75, 3.05) is 5.32 Å². The third kappa shape index (κ3) is 5.00. The van der Waals surface area contributed by atoms with Gasteiger partial charge in [-0.15, -0.1) is 0 Å². The van der Waals surface area contributed by atoms with E-state index in [0.717, 1.165) is 22.8 Å². The highest BCUT2D eigenvalue weighted by Crippen LogP contribution is 2.14. The summed E-state index contributed by atoms with van der Waals surface area (Å²) in [5.41, 5.74) is 2.96. The summed E-state index contributed by atoms with van der Waals surface area (Å²) in [5, 5.41) is 4.82. The molecular formula is C19H15Cl3N2.